The predicted molar refractivity (Wildman–Crippen MR) is 89.4 cm³/mol. The van der Waals surface area contributed by atoms with E-state index in [4.69, 9.17) is 9.47 Å². The number of imide groups is 1. The summed E-state index contributed by atoms with van der Waals surface area (Å²) in [6.07, 6.45) is -4.46. The fourth-order valence-electron chi connectivity index (χ4n) is 1.73. The van der Waals surface area contributed by atoms with E-state index in [1.165, 1.54) is 48.5 Å². The molecular weight excluding hydrogens is 348 g/mol. The molecule has 3 amide bonds. The van der Waals surface area contributed by atoms with Crippen molar-refractivity contribution in [2.24, 2.45) is 0 Å². The van der Waals surface area contributed by atoms with Crippen LogP contribution in [0.5, 0.6) is 0 Å². The number of rotatable bonds is 5. The minimum Gasteiger partial charge on any atom is -0.444 e. The normalized spacial score (nSPS) is 14.2. The second-order valence-electron chi connectivity index (χ2n) is 7.43. The Morgan fingerprint density at radius 3 is 1.81 bits per heavy atom. The Hall–Kier alpha value is -2.20. The third kappa shape index (κ3) is 6.60. The van der Waals surface area contributed by atoms with E-state index in [0.717, 1.165) is 6.29 Å². The molecule has 0 aliphatic heterocycles. The van der Waals surface area contributed by atoms with E-state index in [1.807, 2.05) is 5.32 Å². The molecule has 0 rings (SSSR count). The van der Waals surface area contributed by atoms with Crippen molar-refractivity contribution < 1.29 is 38.9 Å². The van der Waals surface area contributed by atoms with E-state index < -0.39 is 41.2 Å². The third-order valence-corrected chi connectivity index (χ3v) is 2.70. The lowest BCUT2D eigenvalue weighted by atomic mass is 10.1. The summed E-state index contributed by atoms with van der Waals surface area (Å²) in [7, 11) is 0. The van der Waals surface area contributed by atoms with Crippen LogP contribution in [0.2, 0.25) is 0 Å². The SMILES string of the molecule is CCC(=O)N(C(=O)OC(C)(C)C)[C@@]([C]=O)(NC(=O)OC(C)(C)C)C(O)O. The average Bonchev–Trinajstić information content (AvgIpc) is 2.41. The van der Waals surface area contributed by atoms with Crippen LogP contribution in [0.25, 0.3) is 0 Å². The molecule has 0 aromatic rings. The highest BCUT2D eigenvalue weighted by Gasteiger charge is 2.53. The summed E-state index contributed by atoms with van der Waals surface area (Å²) in [6.45, 7) is 10.4. The highest BCUT2D eigenvalue weighted by atomic mass is 16.6. The number of hydrogen-bond donors (Lipinski definition) is 3. The van der Waals surface area contributed by atoms with Crippen molar-refractivity contribution >= 4 is 24.4 Å². The number of ether oxygens (including phenoxy) is 2. The maximum Gasteiger partial charge on any atom is 0.419 e. The van der Waals surface area contributed by atoms with Crippen molar-refractivity contribution in [2.45, 2.75) is 78.0 Å². The molecule has 3 N–H and O–H groups in total. The summed E-state index contributed by atoms with van der Waals surface area (Å²) >= 11 is 0. The quantitative estimate of drug-likeness (QED) is 0.599. The summed E-state index contributed by atoms with van der Waals surface area (Å²) < 4.78 is 9.98. The molecule has 0 aliphatic carbocycles. The molecular formula is C16H27N2O8. The lowest BCUT2D eigenvalue weighted by molar-refractivity contribution is -0.158. The summed E-state index contributed by atoms with van der Waals surface area (Å²) in [5.74, 6) is -1.01. The van der Waals surface area contributed by atoms with Crippen LogP contribution < -0.4 is 5.32 Å². The van der Waals surface area contributed by atoms with E-state index in [2.05, 4.69) is 0 Å². The fourth-order valence-corrected chi connectivity index (χ4v) is 1.73. The standard InChI is InChI=1S/C16H27N2O8/c1-8-10(20)18(13(24)26-15(5,6)7)16(9-19,11(21)22)17-12(23)25-14(2,3)4/h11,21-22H,8H2,1-7H3,(H,17,23)/t16-/m1/s1. The fraction of sp³-hybridized carbons (Fsp3) is 0.750. The van der Waals surface area contributed by atoms with Crippen LogP contribution in [0.3, 0.4) is 0 Å². The molecule has 10 nitrogen and oxygen atoms in total. The number of nitrogens with zero attached hydrogens (tertiary/aromatic N) is 1. The zero-order valence-electron chi connectivity index (χ0n) is 16.1. The third-order valence-electron chi connectivity index (χ3n) is 2.70. The van der Waals surface area contributed by atoms with Gasteiger partial charge < -0.3 is 19.7 Å². The molecule has 0 saturated heterocycles. The molecule has 0 spiro atoms. The van der Waals surface area contributed by atoms with Crippen LogP contribution in [-0.4, -0.2) is 62.6 Å². The van der Waals surface area contributed by atoms with Crippen molar-refractivity contribution in [3.05, 3.63) is 0 Å². The first kappa shape index (κ1) is 23.8. The molecule has 0 unspecified atom stereocenters. The van der Waals surface area contributed by atoms with Crippen LogP contribution in [-0.2, 0) is 19.1 Å². The van der Waals surface area contributed by atoms with Gasteiger partial charge in [0.15, 0.2) is 0 Å². The van der Waals surface area contributed by atoms with Crippen LogP contribution in [0.4, 0.5) is 9.59 Å². The first-order valence-electron chi connectivity index (χ1n) is 7.92. The second kappa shape index (κ2) is 8.45. The second-order valence-corrected chi connectivity index (χ2v) is 7.43. The zero-order valence-corrected chi connectivity index (χ0v) is 16.1. The van der Waals surface area contributed by atoms with E-state index in [-0.39, 0.29) is 11.3 Å². The largest absolute Gasteiger partial charge is 0.444 e. The first-order chi connectivity index (χ1) is 11.6. The van der Waals surface area contributed by atoms with Crippen molar-refractivity contribution in [3.63, 3.8) is 0 Å². The molecule has 10 heteroatoms. The Balaban J connectivity index is 6.07. The average molecular weight is 375 g/mol. The van der Waals surface area contributed by atoms with Gasteiger partial charge in [-0.05, 0) is 41.5 Å². The molecule has 0 aromatic heterocycles. The van der Waals surface area contributed by atoms with Crippen LogP contribution in [0.15, 0.2) is 0 Å². The van der Waals surface area contributed by atoms with Gasteiger partial charge in [0.2, 0.25) is 17.9 Å². The van der Waals surface area contributed by atoms with E-state index in [9.17, 15) is 29.4 Å². The molecule has 0 fully saturated rings. The Morgan fingerprint density at radius 2 is 1.50 bits per heavy atom. The van der Waals surface area contributed by atoms with Gasteiger partial charge in [-0.15, -0.1) is 0 Å². The van der Waals surface area contributed by atoms with E-state index >= 15 is 0 Å². The highest BCUT2D eigenvalue weighted by molar-refractivity contribution is 5.97. The molecule has 0 aromatic carbocycles. The van der Waals surface area contributed by atoms with E-state index in [0.29, 0.717) is 0 Å². The zero-order chi connectivity index (χ0) is 20.9. The maximum atomic E-state index is 12.4. The number of carbonyl (C=O) groups is 3. The Morgan fingerprint density at radius 1 is 1.04 bits per heavy atom. The molecule has 26 heavy (non-hydrogen) atoms. The number of alkyl carbamates (subject to hydrolysis) is 1. The lowest BCUT2D eigenvalue weighted by Crippen LogP contribution is -2.71. The summed E-state index contributed by atoms with van der Waals surface area (Å²) in [5.41, 5.74) is -5.01. The van der Waals surface area contributed by atoms with Gasteiger partial charge in [0.1, 0.15) is 11.2 Å². The Kier molecular flexibility index (Phi) is 7.74. The lowest BCUT2D eigenvalue weighted by Gasteiger charge is -2.39. The summed E-state index contributed by atoms with van der Waals surface area (Å²) in [4.78, 5) is 48.4. The molecule has 0 aliphatic rings. The van der Waals surface area contributed by atoms with Crippen molar-refractivity contribution in [1.29, 1.82) is 0 Å². The first-order valence-corrected chi connectivity index (χ1v) is 7.92. The number of aliphatic hydroxyl groups is 2. The van der Waals surface area contributed by atoms with Crippen LogP contribution >= 0.6 is 0 Å². The molecule has 0 saturated carbocycles. The van der Waals surface area contributed by atoms with Crippen LogP contribution in [0.1, 0.15) is 54.9 Å². The number of nitrogens with one attached hydrogen (secondary N) is 1. The topological polar surface area (TPSA) is 142 Å². The number of carbonyl (C=O) groups excluding carboxylic acids is 4. The number of aliphatic hydroxyl groups excluding tert-OH is 1. The van der Waals surface area contributed by atoms with Gasteiger partial charge in [0.05, 0.1) is 0 Å². The van der Waals surface area contributed by atoms with Crippen LogP contribution in [0, 0.1) is 0 Å². The maximum absolute atomic E-state index is 12.4. The molecule has 1 radical (unpaired) electrons. The van der Waals surface area contributed by atoms with Gasteiger partial charge in [-0.1, -0.05) is 6.92 Å². The smallest absolute Gasteiger partial charge is 0.419 e. The van der Waals surface area contributed by atoms with Gasteiger partial charge in [0, 0.05) is 6.42 Å². The molecule has 149 valence electrons. The van der Waals surface area contributed by atoms with Gasteiger partial charge in [-0.3, -0.25) is 14.9 Å². The predicted octanol–water partition coefficient (Wildman–Crippen LogP) is 0.801. The molecule has 0 heterocycles. The molecule has 0 bridgehead atoms. The Labute approximate surface area is 152 Å². The van der Waals surface area contributed by atoms with Crippen molar-refractivity contribution in [3.8, 4) is 0 Å². The molecule has 1 atom stereocenters. The van der Waals surface area contributed by atoms with E-state index in [1.54, 1.807) is 0 Å². The van der Waals surface area contributed by atoms with Crippen molar-refractivity contribution in [2.75, 3.05) is 0 Å². The summed E-state index contributed by atoms with van der Waals surface area (Å²) in [5, 5.41) is 21.2. The minimum absolute atomic E-state index is 0.111. The summed E-state index contributed by atoms with van der Waals surface area (Å²) in [6, 6.07) is 0. The highest BCUT2D eigenvalue weighted by Crippen LogP contribution is 2.21. The van der Waals surface area contributed by atoms with Gasteiger partial charge in [0.25, 0.3) is 6.29 Å². The van der Waals surface area contributed by atoms with Gasteiger partial charge >= 0.3 is 12.2 Å². The monoisotopic (exact) mass is 375 g/mol. The number of amides is 3. The van der Waals surface area contributed by atoms with Gasteiger partial charge in [-0.2, -0.15) is 0 Å². The minimum atomic E-state index is -2.95. The van der Waals surface area contributed by atoms with Crippen molar-refractivity contribution in [1.82, 2.24) is 10.2 Å². The number of hydrogen-bond acceptors (Lipinski definition) is 8. The Bertz CT molecular complexity index is 547. The van der Waals surface area contributed by atoms with Gasteiger partial charge in [-0.25, -0.2) is 14.5 Å².